The zero-order chi connectivity index (χ0) is 40.6. The summed E-state index contributed by atoms with van der Waals surface area (Å²) in [5, 5.41) is 2.20. The molecule has 0 aliphatic carbocycles. The first kappa shape index (κ1) is 38.8. The van der Waals surface area contributed by atoms with E-state index < -0.39 is 35.5 Å². The molecule has 5 aliphatic rings. The van der Waals surface area contributed by atoms with Crippen molar-refractivity contribution in [1.29, 1.82) is 0 Å². The number of halogens is 1. The molecule has 9 rings (SSSR count). The van der Waals surface area contributed by atoms with Crippen LogP contribution in [0.1, 0.15) is 82.9 Å². The molecule has 1 N–H and O–H groups in total. The average Bonchev–Trinajstić information content (AvgIpc) is 3.92. The Morgan fingerprint density at radius 2 is 1.44 bits per heavy atom. The van der Waals surface area contributed by atoms with Crippen LogP contribution in [0, 0.1) is 11.7 Å². The fourth-order valence-electron chi connectivity index (χ4n) is 9.99. The maximum absolute atomic E-state index is 15.6. The number of nitrogens with zero attached hydrogens (tertiary/aromatic N) is 4. The van der Waals surface area contributed by atoms with Gasteiger partial charge in [-0.15, -0.1) is 0 Å². The monoisotopic (exact) mass is 795 g/mol. The fraction of sp³-hybridized carbons (Fsp3) is 0.375. The molecule has 5 heterocycles. The van der Waals surface area contributed by atoms with E-state index in [0.717, 1.165) is 75.1 Å². The van der Waals surface area contributed by atoms with Crippen molar-refractivity contribution in [3.8, 4) is 5.75 Å². The van der Waals surface area contributed by atoms with Crippen LogP contribution in [-0.2, 0) is 9.59 Å². The van der Waals surface area contributed by atoms with Crippen LogP contribution in [-0.4, -0.2) is 102 Å². The molecular formula is C48H50FN5O5. The number of piperidine rings is 2. The smallest absolute Gasteiger partial charge is 0.262 e. The summed E-state index contributed by atoms with van der Waals surface area (Å²) in [6.07, 6.45) is 4.20. The maximum Gasteiger partial charge on any atom is 0.262 e. The molecule has 2 bridgehead atoms. The van der Waals surface area contributed by atoms with Gasteiger partial charge in [0.15, 0.2) is 0 Å². The standard InChI is InChI=1S/C48H50FN5O5/c1-2-38(32-9-5-3-6-10-32)45(33-11-7-4-8-12-33)34-13-15-37(16-14-34)59-24-23-51-21-19-31(20-22-51)28-52-29-36-25-35(52)30-53(36)43-27-40-39(26-41(43)49)47(57)54(48(40)58)42-17-18-44(55)50-46(42)56/h3-16,26-27,31,35-36,42H,2,17-25,28-30H2,1H3,(H,50,55,56). The van der Waals surface area contributed by atoms with Crippen LogP contribution in [0.3, 0.4) is 0 Å². The lowest BCUT2D eigenvalue weighted by molar-refractivity contribution is -0.136. The van der Waals surface area contributed by atoms with Gasteiger partial charge in [0, 0.05) is 44.7 Å². The van der Waals surface area contributed by atoms with Gasteiger partial charge in [-0.25, -0.2) is 4.39 Å². The lowest BCUT2D eigenvalue weighted by atomic mass is 9.88. The topological polar surface area (TPSA) is 102 Å². The summed E-state index contributed by atoms with van der Waals surface area (Å²) in [4.78, 5) is 58.7. The van der Waals surface area contributed by atoms with Gasteiger partial charge in [-0.1, -0.05) is 79.7 Å². The molecule has 4 fully saturated rings. The molecule has 4 aromatic rings. The highest BCUT2D eigenvalue weighted by atomic mass is 19.1. The number of fused-ring (bicyclic) bond motifs is 3. The molecule has 10 nitrogen and oxygen atoms in total. The number of anilines is 1. The molecule has 3 unspecified atom stereocenters. The van der Waals surface area contributed by atoms with Gasteiger partial charge in [-0.2, -0.15) is 0 Å². The molecule has 5 aliphatic heterocycles. The third-order valence-electron chi connectivity index (χ3n) is 13.0. The summed E-state index contributed by atoms with van der Waals surface area (Å²) < 4.78 is 21.9. The van der Waals surface area contributed by atoms with Gasteiger partial charge in [0.1, 0.15) is 24.2 Å². The van der Waals surface area contributed by atoms with Gasteiger partial charge in [-0.3, -0.25) is 39.2 Å². The second-order valence-electron chi connectivity index (χ2n) is 16.5. The molecule has 304 valence electrons. The summed E-state index contributed by atoms with van der Waals surface area (Å²) in [7, 11) is 0. The summed E-state index contributed by atoms with van der Waals surface area (Å²) in [5.41, 5.74) is 6.60. The van der Waals surface area contributed by atoms with Crippen LogP contribution in [0.2, 0.25) is 0 Å². The van der Waals surface area contributed by atoms with E-state index in [-0.39, 0.29) is 30.0 Å². The molecule has 4 saturated heterocycles. The second-order valence-corrected chi connectivity index (χ2v) is 16.5. The number of likely N-dealkylation sites (tertiary alicyclic amines) is 2. The number of carbonyl (C=O) groups excluding carboxylic acids is 4. The lowest BCUT2D eigenvalue weighted by Gasteiger charge is -2.39. The lowest BCUT2D eigenvalue weighted by Crippen LogP contribution is -2.54. The van der Waals surface area contributed by atoms with Crippen molar-refractivity contribution in [2.75, 3.05) is 50.8 Å². The molecule has 0 aromatic heterocycles. The Balaban J connectivity index is 0.752. The number of nitrogens with one attached hydrogen (secondary N) is 1. The van der Waals surface area contributed by atoms with Gasteiger partial charge in [0.05, 0.1) is 16.8 Å². The van der Waals surface area contributed by atoms with Crippen molar-refractivity contribution in [3.05, 3.63) is 131 Å². The van der Waals surface area contributed by atoms with Gasteiger partial charge >= 0.3 is 0 Å². The van der Waals surface area contributed by atoms with E-state index in [2.05, 4.69) is 107 Å². The van der Waals surface area contributed by atoms with Crippen molar-refractivity contribution in [2.45, 2.75) is 63.6 Å². The third-order valence-corrected chi connectivity index (χ3v) is 13.0. The highest BCUT2D eigenvalue weighted by molar-refractivity contribution is 6.23. The molecular weight excluding hydrogens is 746 g/mol. The number of imide groups is 2. The molecule has 0 spiro atoms. The number of hydrogen-bond donors (Lipinski definition) is 1. The number of benzene rings is 4. The Labute approximate surface area is 344 Å². The molecule has 4 aromatic carbocycles. The van der Waals surface area contributed by atoms with Crippen LogP contribution in [0.15, 0.2) is 97.1 Å². The molecule has 3 atom stereocenters. The molecule has 0 radical (unpaired) electrons. The first-order valence-electron chi connectivity index (χ1n) is 21.1. The largest absolute Gasteiger partial charge is 0.492 e. The first-order chi connectivity index (χ1) is 28.7. The van der Waals surface area contributed by atoms with Crippen molar-refractivity contribution >= 4 is 40.5 Å². The van der Waals surface area contributed by atoms with Crippen molar-refractivity contribution < 1.29 is 28.3 Å². The van der Waals surface area contributed by atoms with E-state index >= 15 is 4.39 Å². The van der Waals surface area contributed by atoms with Gasteiger partial charge in [0.2, 0.25) is 11.8 Å². The Hall–Kier alpha value is -5.65. The van der Waals surface area contributed by atoms with E-state index in [0.29, 0.717) is 30.8 Å². The minimum absolute atomic E-state index is 0.0330. The molecule has 59 heavy (non-hydrogen) atoms. The minimum Gasteiger partial charge on any atom is -0.492 e. The van der Waals surface area contributed by atoms with E-state index in [1.54, 1.807) is 0 Å². The van der Waals surface area contributed by atoms with Crippen LogP contribution < -0.4 is 15.0 Å². The fourth-order valence-corrected chi connectivity index (χ4v) is 9.99. The van der Waals surface area contributed by atoms with Crippen LogP contribution in [0.4, 0.5) is 10.1 Å². The van der Waals surface area contributed by atoms with Gasteiger partial charge < -0.3 is 9.64 Å². The number of allylic oxidation sites excluding steroid dienone is 1. The van der Waals surface area contributed by atoms with Crippen molar-refractivity contribution in [1.82, 2.24) is 20.0 Å². The SMILES string of the molecule is CCC(=C(c1ccccc1)c1ccc(OCCN2CCC(CN3CC4CC3CN4c3cc4c(cc3F)C(=O)N(C3CCC(=O)NC3=O)C4=O)CC2)cc1)c1ccccc1. The zero-order valence-corrected chi connectivity index (χ0v) is 33.4. The normalized spacial score (nSPS) is 22.8. The molecule has 11 heteroatoms. The van der Waals surface area contributed by atoms with E-state index in [4.69, 9.17) is 4.74 Å². The Morgan fingerprint density at radius 3 is 2.08 bits per heavy atom. The van der Waals surface area contributed by atoms with Crippen LogP contribution in [0.5, 0.6) is 5.75 Å². The Bertz CT molecular complexity index is 2270. The maximum atomic E-state index is 15.6. The number of hydrogen-bond acceptors (Lipinski definition) is 8. The van der Waals surface area contributed by atoms with E-state index in [1.807, 2.05) is 4.90 Å². The summed E-state index contributed by atoms with van der Waals surface area (Å²) in [5.74, 6) is -1.49. The number of piperazine rings is 1. The Kier molecular flexibility index (Phi) is 10.9. The predicted octanol–water partition coefficient (Wildman–Crippen LogP) is 6.65. The molecule has 0 saturated carbocycles. The third kappa shape index (κ3) is 7.69. The van der Waals surface area contributed by atoms with E-state index in [1.165, 1.54) is 33.9 Å². The quantitative estimate of drug-likeness (QED) is 0.126. The zero-order valence-electron chi connectivity index (χ0n) is 33.4. The van der Waals surface area contributed by atoms with E-state index in [9.17, 15) is 19.2 Å². The van der Waals surface area contributed by atoms with Crippen molar-refractivity contribution in [3.63, 3.8) is 0 Å². The molecule has 4 amide bonds. The van der Waals surface area contributed by atoms with Crippen LogP contribution in [0.25, 0.3) is 11.1 Å². The first-order valence-corrected chi connectivity index (χ1v) is 21.1. The highest BCUT2D eigenvalue weighted by Gasteiger charge is 2.48. The van der Waals surface area contributed by atoms with Crippen molar-refractivity contribution in [2.24, 2.45) is 5.92 Å². The average molecular weight is 796 g/mol. The number of amides is 4. The Morgan fingerprint density at radius 1 is 0.780 bits per heavy atom. The summed E-state index contributed by atoms with van der Waals surface area (Å²) >= 11 is 0. The van der Waals surface area contributed by atoms with Gasteiger partial charge in [0.25, 0.3) is 11.8 Å². The van der Waals surface area contributed by atoms with Gasteiger partial charge in [-0.05, 0) is 103 Å². The number of ether oxygens (including phenoxy) is 1. The van der Waals surface area contributed by atoms with Crippen LogP contribution >= 0.6 is 0 Å². The predicted molar refractivity (Wildman–Crippen MR) is 224 cm³/mol. The minimum atomic E-state index is -1.08. The number of carbonyl (C=O) groups is 4. The second kappa shape index (κ2) is 16.5. The summed E-state index contributed by atoms with van der Waals surface area (Å²) in [6.45, 7) is 8.32. The highest BCUT2D eigenvalue weighted by Crippen LogP contribution is 2.40. The summed E-state index contributed by atoms with van der Waals surface area (Å²) in [6, 6.07) is 31.7. The number of rotatable bonds is 12.